The quantitative estimate of drug-likeness (QED) is 0.872. The number of para-hydroxylation sites is 1. The van der Waals surface area contributed by atoms with Crippen LogP contribution in [0, 0.1) is 0 Å². The largest absolute Gasteiger partial charge is 0.368 e. The van der Waals surface area contributed by atoms with E-state index in [0.29, 0.717) is 5.95 Å². The van der Waals surface area contributed by atoms with E-state index in [2.05, 4.69) is 46.9 Å². The number of fused-ring (bicyclic) bond motifs is 1. The maximum atomic E-state index is 5.86. The van der Waals surface area contributed by atoms with Crippen molar-refractivity contribution in [3.8, 4) is 0 Å². The Labute approximate surface area is 120 Å². The molecule has 0 bridgehead atoms. The molecule has 1 aromatic carbocycles. The average Bonchev–Trinajstić information content (AvgIpc) is 2.42. The molecule has 20 heavy (non-hydrogen) atoms. The minimum absolute atomic E-state index is 0.338. The lowest BCUT2D eigenvalue weighted by Crippen LogP contribution is -2.33. The highest BCUT2D eigenvalue weighted by Crippen LogP contribution is 2.24. The van der Waals surface area contributed by atoms with Crippen LogP contribution in [-0.2, 0) is 0 Å². The highest BCUT2D eigenvalue weighted by atomic mass is 15.2. The van der Waals surface area contributed by atoms with E-state index in [0.717, 1.165) is 42.8 Å². The van der Waals surface area contributed by atoms with Crippen molar-refractivity contribution in [2.24, 2.45) is 0 Å². The number of nitrogen functional groups attached to an aromatic ring is 1. The number of nitrogens with zero attached hydrogens (tertiary/aromatic N) is 4. The van der Waals surface area contributed by atoms with E-state index < -0.39 is 0 Å². The number of aromatic nitrogens is 2. The van der Waals surface area contributed by atoms with Gasteiger partial charge < -0.3 is 15.5 Å². The van der Waals surface area contributed by atoms with Crippen molar-refractivity contribution in [3.05, 3.63) is 24.3 Å². The second-order valence-electron chi connectivity index (χ2n) is 5.21. The molecule has 2 aromatic rings. The Morgan fingerprint density at radius 1 is 1.05 bits per heavy atom. The fraction of sp³-hybridized carbons (Fsp3) is 0.467. The van der Waals surface area contributed by atoms with Gasteiger partial charge in [0.2, 0.25) is 5.95 Å². The molecule has 0 atom stereocenters. The van der Waals surface area contributed by atoms with Crippen LogP contribution in [0.4, 0.5) is 11.8 Å². The fourth-order valence-corrected chi connectivity index (χ4v) is 2.23. The van der Waals surface area contributed by atoms with Gasteiger partial charge >= 0.3 is 0 Å². The second-order valence-corrected chi connectivity index (χ2v) is 5.21. The molecule has 0 saturated heterocycles. The van der Waals surface area contributed by atoms with Gasteiger partial charge in [-0.25, -0.2) is 4.98 Å². The first kappa shape index (κ1) is 14.5. The predicted octanol–water partition coefficient (Wildman–Crippen LogP) is 1.99. The highest BCUT2D eigenvalue weighted by molar-refractivity contribution is 5.90. The van der Waals surface area contributed by atoms with E-state index in [9.17, 15) is 0 Å². The van der Waals surface area contributed by atoms with E-state index >= 15 is 0 Å². The first-order valence-electron chi connectivity index (χ1n) is 7.03. The van der Waals surface area contributed by atoms with Crippen molar-refractivity contribution < 1.29 is 0 Å². The van der Waals surface area contributed by atoms with E-state index in [-0.39, 0.29) is 0 Å². The summed E-state index contributed by atoms with van der Waals surface area (Å²) in [5.74, 6) is 1.28. The van der Waals surface area contributed by atoms with Gasteiger partial charge in [0.15, 0.2) is 0 Å². The van der Waals surface area contributed by atoms with Crippen LogP contribution in [-0.4, -0.2) is 48.6 Å². The first-order valence-corrected chi connectivity index (χ1v) is 7.03. The number of hydrogen-bond donors (Lipinski definition) is 1. The topological polar surface area (TPSA) is 58.3 Å². The van der Waals surface area contributed by atoms with Gasteiger partial charge in [-0.3, -0.25) is 0 Å². The molecule has 0 spiro atoms. The summed E-state index contributed by atoms with van der Waals surface area (Å²) in [4.78, 5) is 13.2. The van der Waals surface area contributed by atoms with Crippen molar-refractivity contribution in [1.82, 2.24) is 14.9 Å². The van der Waals surface area contributed by atoms with Gasteiger partial charge in [0.25, 0.3) is 0 Å². The van der Waals surface area contributed by atoms with Gasteiger partial charge in [-0.1, -0.05) is 19.1 Å². The van der Waals surface area contributed by atoms with E-state index in [1.165, 1.54) is 0 Å². The van der Waals surface area contributed by atoms with Crippen LogP contribution in [0.2, 0.25) is 0 Å². The summed E-state index contributed by atoms with van der Waals surface area (Å²) >= 11 is 0. The van der Waals surface area contributed by atoms with Crippen LogP contribution in [0.5, 0.6) is 0 Å². The van der Waals surface area contributed by atoms with Gasteiger partial charge in [0, 0.05) is 25.0 Å². The average molecular weight is 273 g/mol. The zero-order chi connectivity index (χ0) is 14.5. The molecule has 108 valence electrons. The molecule has 5 nitrogen and oxygen atoms in total. The molecular formula is C15H23N5. The molecule has 0 aliphatic rings. The first-order chi connectivity index (χ1) is 9.61. The summed E-state index contributed by atoms with van der Waals surface area (Å²) in [6, 6.07) is 8.03. The lowest BCUT2D eigenvalue weighted by Gasteiger charge is -2.26. The second kappa shape index (κ2) is 6.52. The standard InChI is InChI=1S/C15H23N5/c1-4-9-20(11-10-19(2)3)14-12-7-5-6-8-13(12)17-15(16)18-14/h5-8H,4,9-11H2,1-3H3,(H2,16,17,18). The number of rotatable bonds is 6. The Hall–Kier alpha value is -1.88. The maximum absolute atomic E-state index is 5.86. The van der Waals surface area contributed by atoms with Crippen LogP contribution in [0.3, 0.4) is 0 Å². The van der Waals surface area contributed by atoms with E-state index in [4.69, 9.17) is 5.73 Å². The molecule has 5 heteroatoms. The molecule has 2 rings (SSSR count). The third-order valence-electron chi connectivity index (χ3n) is 3.21. The van der Waals surface area contributed by atoms with Gasteiger partial charge in [-0.05, 0) is 32.6 Å². The highest BCUT2D eigenvalue weighted by Gasteiger charge is 2.13. The number of anilines is 2. The molecular weight excluding hydrogens is 250 g/mol. The number of benzene rings is 1. The van der Waals surface area contributed by atoms with Gasteiger partial charge in [0.1, 0.15) is 5.82 Å². The maximum Gasteiger partial charge on any atom is 0.222 e. The summed E-state index contributed by atoms with van der Waals surface area (Å²) in [5.41, 5.74) is 6.76. The monoisotopic (exact) mass is 273 g/mol. The molecule has 1 heterocycles. The SMILES string of the molecule is CCCN(CCN(C)C)c1nc(N)nc2ccccc12. The number of nitrogens with two attached hydrogens (primary N) is 1. The van der Waals surface area contributed by atoms with Crippen LogP contribution >= 0.6 is 0 Å². The van der Waals surface area contributed by atoms with Crippen LogP contribution in [0.1, 0.15) is 13.3 Å². The van der Waals surface area contributed by atoms with Gasteiger partial charge in [0.05, 0.1) is 5.52 Å². The lowest BCUT2D eigenvalue weighted by molar-refractivity contribution is 0.412. The van der Waals surface area contributed by atoms with Gasteiger partial charge in [-0.2, -0.15) is 4.98 Å². The fourth-order valence-electron chi connectivity index (χ4n) is 2.23. The lowest BCUT2D eigenvalue weighted by atomic mass is 10.2. The molecule has 0 saturated carbocycles. The molecule has 1 aromatic heterocycles. The molecule has 0 unspecified atom stereocenters. The number of likely N-dealkylation sites (N-methyl/N-ethyl adjacent to an activating group) is 1. The third-order valence-corrected chi connectivity index (χ3v) is 3.21. The minimum Gasteiger partial charge on any atom is -0.368 e. The molecule has 0 aliphatic heterocycles. The molecule has 2 N–H and O–H groups in total. The predicted molar refractivity (Wildman–Crippen MR) is 85.0 cm³/mol. The zero-order valence-corrected chi connectivity index (χ0v) is 12.5. The van der Waals surface area contributed by atoms with Crippen molar-refractivity contribution in [3.63, 3.8) is 0 Å². The Balaban J connectivity index is 2.40. The number of hydrogen-bond acceptors (Lipinski definition) is 5. The summed E-state index contributed by atoms with van der Waals surface area (Å²) in [5, 5.41) is 1.06. The normalized spacial score (nSPS) is 11.2. The minimum atomic E-state index is 0.338. The summed E-state index contributed by atoms with van der Waals surface area (Å²) in [6.45, 7) is 5.06. The van der Waals surface area contributed by atoms with Crippen molar-refractivity contribution in [2.75, 3.05) is 44.4 Å². The summed E-state index contributed by atoms with van der Waals surface area (Å²) in [6.07, 6.45) is 1.08. The van der Waals surface area contributed by atoms with Crippen LogP contribution in [0.25, 0.3) is 10.9 Å². The smallest absolute Gasteiger partial charge is 0.222 e. The van der Waals surface area contributed by atoms with E-state index in [1.807, 2.05) is 18.2 Å². The van der Waals surface area contributed by atoms with Crippen molar-refractivity contribution in [2.45, 2.75) is 13.3 Å². The Bertz CT molecular complexity index is 567. The summed E-state index contributed by atoms with van der Waals surface area (Å²) < 4.78 is 0. The van der Waals surface area contributed by atoms with Crippen LogP contribution < -0.4 is 10.6 Å². The Morgan fingerprint density at radius 2 is 1.80 bits per heavy atom. The van der Waals surface area contributed by atoms with E-state index in [1.54, 1.807) is 0 Å². The molecule has 0 fully saturated rings. The molecule has 0 radical (unpaired) electrons. The Morgan fingerprint density at radius 3 is 2.50 bits per heavy atom. The van der Waals surface area contributed by atoms with Gasteiger partial charge in [-0.15, -0.1) is 0 Å². The molecule has 0 amide bonds. The molecule has 0 aliphatic carbocycles. The Kier molecular flexibility index (Phi) is 4.74. The summed E-state index contributed by atoms with van der Waals surface area (Å²) in [7, 11) is 4.16. The third kappa shape index (κ3) is 3.36. The van der Waals surface area contributed by atoms with Crippen LogP contribution in [0.15, 0.2) is 24.3 Å². The van der Waals surface area contributed by atoms with Crippen molar-refractivity contribution >= 4 is 22.7 Å². The zero-order valence-electron chi connectivity index (χ0n) is 12.5. The van der Waals surface area contributed by atoms with Crippen molar-refractivity contribution in [1.29, 1.82) is 0 Å².